The summed E-state index contributed by atoms with van der Waals surface area (Å²) in [6.07, 6.45) is 0.501. The molecule has 0 saturated carbocycles. The van der Waals surface area contributed by atoms with Gasteiger partial charge in [-0.25, -0.2) is 8.42 Å². The van der Waals surface area contributed by atoms with Gasteiger partial charge >= 0.3 is 0 Å². The van der Waals surface area contributed by atoms with Crippen LogP contribution in [0.2, 0.25) is 10.0 Å². The molecule has 1 aliphatic heterocycles. The number of ether oxygens (including phenoxy) is 1. The average Bonchev–Trinajstić information content (AvgIpc) is 2.85. The quantitative estimate of drug-likeness (QED) is 0.733. The van der Waals surface area contributed by atoms with E-state index in [9.17, 15) is 18.0 Å². The van der Waals surface area contributed by atoms with Gasteiger partial charge in [0, 0.05) is 17.5 Å². The number of carbonyl (C=O) groups is 2. The molecular weight excluding hydrogens is 379 g/mol. The Hall–Kier alpha value is -1.51. The monoisotopic (exact) mass is 394 g/mol. The van der Waals surface area contributed by atoms with Gasteiger partial charge in [-0.1, -0.05) is 23.2 Å². The minimum atomic E-state index is -3.03. The molecule has 1 saturated heterocycles. The number of nitrogens with one attached hydrogen (secondary N) is 2. The summed E-state index contributed by atoms with van der Waals surface area (Å²) in [5.74, 6) is -0.893. The fourth-order valence-electron chi connectivity index (χ4n) is 2.25. The lowest BCUT2D eigenvalue weighted by Gasteiger charge is -2.11. The number of hydrogen-bond acceptors (Lipinski definition) is 5. The summed E-state index contributed by atoms with van der Waals surface area (Å²) in [5, 5.41) is 0.716. The predicted octanol–water partition coefficient (Wildman–Crippen LogP) is 1.34. The van der Waals surface area contributed by atoms with Crippen LogP contribution in [0.4, 0.5) is 0 Å². The van der Waals surface area contributed by atoms with Crippen molar-refractivity contribution in [3.8, 4) is 5.75 Å². The standard InChI is InChI=1S/C14H16Cl2N2O5S/c15-10-1-2-11(16)12(6-10)23-7-14(20)18-17-13(19)5-9-3-4-24(21,22)8-9/h1-2,6,9H,3-5,7-8H2,(H,17,19)(H,18,20)/t9-/m0/s1. The first-order valence-corrected chi connectivity index (χ1v) is 9.69. The summed E-state index contributed by atoms with van der Waals surface area (Å²) in [6.45, 7) is -0.363. The summed E-state index contributed by atoms with van der Waals surface area (Å²) in [4.78, 5) is 23.3. The van der Waals surface area contributed by atoms with Crippen molar-refractivity contribution in [3.05, 3.63) is 28.2 Å². The van der Waals surface area contributed by atoms with E-state index in [1.165, 1.54) is 12.1 Å². The van der Waals surface area contributed by atoms with Gasteiger partial charge in [0.25, 0.3) is 5.91 Å². The van der Waals surface area contributed by atoms with E-state index in [-0.39, 0.29) is 36.2 Å². The molecule has 1 fully saturated rings. The van der Waals surface area contributed by atoms with Gasteiger partial charge in [0.05, 0.1) is 16.5 Å². The van der Waals surface area contributed by atoms with Gasteiger partial charge in [-0.2, -0.15) is 0 Å². The van der Waals surface area contributed by atoms with Crippen LogP contribution < -0.4 is 15.6 Å². The Morgan fingerprint density at radius 1 is 1.21 bits per heavy atom. The molecule has 10 heteroatoms. The van der Waals surface area contributed by atoms with Crippen LogP contribution in [0.25, 0.3) is 0 Å². The third-order valence-electron chi connectivity index (χ3n) is 3.39. The molecule has 0 spiro atoms. The maximum Gasteiger partial charge on any atom is 0.276 e. The number of sulfone groups is 1. The first-order valence-electron chi connectivity index (χ1n) is 7.11. The van der Waals surface area contributed by atoms with Gasteiger partial charge < -0.3 is 4.74 Å². The van der Waals surface area contributed by atoms with Gasteiger partial charge in [0.1, 0.15) is 5.75 Å². The minimum absolute atomic E-state index is 0.00471. The minimum Gasteiger partial charge on any atom is -0.482 e. The molecule has 1 aromatic carbocycles. The third-order valence-corrected chi connectivity index (χ3v) is 5.78. The average molecular weight is 395 g/mol. The summed E-state index contributed by atoms with van der Waals surface area (Å²) < 4.78 is 27.9. The summed E-state index contributed by atoms with van der Waals surface area (Å²) in [6, 6.07) is 4.59. The number of hydrazine groups is 1. The van der Waals surface area contributed by atoms with Gasteiger partial charge in [0.2, 0.25) is 5.91 Å². The zero-order chi connectivity index (χ0) is 17.7. The number of rotatable bonds is 5. The van der Waals surface area contributed by atoms with E-state index in [1.807, 2.05) is 0 Å². The summed E-state index contributed by atoms with van der Waals surface area (Å²) >= 11 is 11.7. The SMILES string of the molecule is O=C(COc1cc(Cl)ccc1Cl)NNC(=O)C[C@@H]1CCS(=O)(=O)C1. The Morgan fingerprint density at radius 2 is 1.92 bits per heavy atom. The highest BCUT2D eigenvalue weighted by Gasteiger charge is 2.29. The lowest BCUT2D eigenvalue weighted by atomic mass is 10.1. The van der Waals surface area contributed by atoms with Crippen molar-refractivity contribution in [2.24, 2.45) is 5.92 Å². The number of carbonyl (C=O) groups excluding carboxylic acids is 2. The van der Waals surface area contributed by atoms with E-state index < -0.39 is 21.7 Å². The molecule has 0 bridgehead atoms. The second kappa shape index (κ2) is 8.04. The van der Waals surface area contributed by atoms with E-state index >= 15 is 0 Å². The normalized spacial score (nSPS) is 18.8. The molecule has 1 atom stereocenters. The Kier molecular flexibility index (Phi) is 6.31. The highest BCUT2D eigenvalue weighted by atomic mass is 35.5. The van der Waals surface area contributed by atoms with E-state index in [4.69, 9.17) is 27.9 Å². The second-order valence-electron chi connectivity index (χ2n) is 5.43. The molecule has 132 valence electrons. The molecule has 1 aliphatic rings. The van der Waals surface area contributed by atoms with Crippen LogP contribution >= 0.6 is 23.2 Å². The molecule has 1 aromatic rings. The predicted molar refractivity (Wildman–Crippen MR) is 89.6 cm³/mol. The number of amides is 2. The molecule has 1 heterocycles. The Bertz CT molecular complexity index is 739. The maximum absolute atomic E-state index is 11.7. The van der Waals surface area contributed by atoms with Crippen molar-refractivity contribution in [1.82, 2.24) is 10.9 Å². The van der Waals surface area contributed by atoms with E-state index in [1.54, 1.807) is 6.07 Å². The van der Waals surface area contributed by atoms with Crippen LogP contribution in [-0.2, 0) is 19.4 Å². The number of hydrogen-bond donors (Lipinski definition) is 2. The Balaban J connectivity index is 1.71. The lowest BCUT2D eigenvalue weighted by molar-refractivity contribution is -0.130. The fraction of sp³-hybridized carbons (Fsp3) is 0.429. The van der Waals surface area contributed by atoms with Crippen LogP contribution in [0, 0.1) is 5.92 Å². The maximum atomic E-state index is 11.7. The lowest BCUT2D eigenvalue weighted by Crippen LogP contribution is -2.44. The van der Waals surface area contributed by atoms with Crippen LogP contribution in [0.3, 0.4) is 0 Å². The van der Waals surface area contributed by atoms with Crippen molar-refractivity contribution < 1.29 is 22.7 Å². The Morgan fingerprint density at radius 3 is 2.58 bits per heavy atom. The molecule has 24 heavy (non-hydrogen) atoms. The van der Waals surface area contributed by atoms with Gasteiger partial charge in [-0.3, -0.25) is 20.4 Å². The first kappa shape index (κ1) is 18.8. The van der Waals surface area contributed by atoms with Crippen molar-refractivity contribution >= 4 is 44.9 Å². The molecule has 2 amide bonds. The highest BCUT2D eigenvalue weighted by molar-refractivity contribution is 7.91. The molecule has 2 rings (SSSR count). The van der Waals surface area contributed by atoms with Crippen molar-refractivity contribution in [2.75, 3.05) is 18.1 Å². The van der Waals surface area contributed by atoms with Gasteiger partial charge in [-0.15, -0.1) is 0 Å². The number of benzene rings is 1. The second-order valence-corrected chi connectivity index (χ2v) is 8.51. The molecule has 0 aliphatic carbocycles. The zero-order valence-corrected chi connectivity index (χ0v) is 14.9. The van der Waals surface area contributed by atoms with Gasteiger partial charge in [-0.05, 0) is 24.5 Å². The van der Waals surface area contributed by atoms with E-state index in [0.717, 1.165) is 0 Å². The fourth-order valence-corrected chi connectivity index (χ4v) is 4.45. The van der Waals surface area contributed by atoms with Crippen LogP contribution in [0.1, 0.15) is 12.8 Å². The topological polar surface area (TPSA) is 102 Å². The Labute approximate surface area is 149 Å². The van der Waals surface area contributed by atoms with E-state index in [0.29, 0.717) is 16.5 Å². The summed E-state index contributed by atoms with van der Waals surface area (Å²) in [7, 11) is -3.03. The third kappa shape index (κ3) is 5.85. The van der Waals surface area contributed by atoms with Crippen molar-refractivity contribution in [2.45, 2.75) is 12.8 Å². The smallest absolute Gasteiger partial charge is 0.276 e. The van der Waals surface area contributed by atoms with Gasteiger partial charge in [0.15, 0.2) is 16.4 Å². The van der Waals surface area contributed by atoms with Crippen molar-refractivity contribution in [3.63, 3.8) is 0 Å². The molecular formula is C14H16Cl2N2O5S. The zero-order valence-electron chi connectivity index (χ0n) is 12.6. The molecule has 0 unspecified atom stereocenters. The first-order chi connectivity index (χ1) is 11.2. The van der Waals surface area contributed by atoms with Crippen LogP contribution in [0.5, 0.6) is 5.75 Å². The van der Waals surface area contributed by atoms with Crippen LogP contribution in [0.15, 0.2) is 18.2 Å². The largest absolute Gasteiger partial charge is 0.482 e. The number of halogens is 2. The van der Waals surface area contributed by atoms with Crippen molar-refractivity contribution in [1.29, 1.82) is 0 Å². The van der Waals surface area contributed by atoms with Crippen LogP contribution in [-0.4, -0.2) is 38.3 Å². The molecule has 2 N–H and O–H groups in total. The summed E-state index contributed by atoms with van der Waals surface area (Å²) in [5.41, 5.74) is 4.42. The molecule has 0 radical (unpaired) electrons. The highest BCUT2D eigenvalue weighted by Crippen LogP contribution is 2.27. The molecule has 0 aromatic heterocycles. The molecule has 7 nitrogen and oxygen atoms in total. The van der Waals surface area contributed by atoms with E-state index in [2.05, 4.69) is 10.9 Å².